The predicted octanol–water partition coefficient (Wildman–Crippen LogP) is 3.20. The number of nitrogens with zero attached hydrogens (tertiary/aromatic N) is 4. The summed E-state index contributed by atoms with van der Waals surface area (Å²) in [4.78, 5) is 31.3. The maximum atomic E-state index is 12.4. The Kier molecular flexibility index (Phi) is 5.46. The maximum Gasteiger partial charge on any atom is 0.274 e. The third-order valence-electron chi connectivity index (χ3n) is 3.72. The van der Waals surface area contributed by atoms with Gasteiger partial charge in [-0.25, -0.2) is 4.98 Å². The molecule has 27 heavy (non-hydrogen) atoms. The molecular weight excluding hydrogens is 368 g/mol. The average Bonchev–Trinajstić information content (AvgIpc) is 3.12. The highest BCUT2D eigenvalue weighted by Crippen LogP contribution is 2.25. The van der Waals surface area contributed by atoms with E-state index in [4.69, 9.17) is 0 Å². The van der Waals surface area contributed by atoms with Crippen LogP contribution in [0, 0.1) is 17.0 Å². The lowest BCUT2D eigenvalue weighted by atomic mass is 10.2. The first-order chi connectivity index (χ1) is 12.9. The number of nitro benzene ring substituents is 1. The molecule has 0 saturated heterocycles. The van der Waals surface area contributed by atoms with E-state index in [1.54, 1.807) is 44.4 Å². The minimum absolute atomic E-state index is 0.0387. The van der Waals surface area contributed by atoms with Crippen molar-refractivity contribution in [1.29, 1.82) is 0 Å². The number of hydrogen-bond donors (Lipinski definition) is 2. The average molecular weight is 384 g/mol. The molecule has 1 aromatic carbocycles. The first-order valence-corrected chi connectivity index (χ1v) is 8.87. The molecule has 0 saturated carbocycles. The molecule has 1 amide bonds. The zero-order valence-electron chi connectivity index (χ0n) is 14.5. The number of anilines is 1. The van der Waals surface area contributed by atoms with Gasteiger partial charge >= 0.3 is 0 Å². The van der Waals surface area contributed by atoms with Gasteiger partial charge < -0.3 is 5.32 Å². The van der Waals surface area contributed by atoms with Gasteiger partial charge in [-0.05, 0) is 32.0 Å². The smallest absolute Gasteiger partial charge is 0.274 e. The van der Waals surface area contributed by atoms with Gasteiger partial charge in [0, 0.05) is 35.3 Å². The Balaban J connectivity index is 1.65. The molecule has 0 aliphatic heterocycles. The molecule has 3 aromatic rings. The number of benzene rings is 1. The van der Waals surface area contributed by atoms with E-state index in [-0.39, 0.29) is 11.6 Å². The Hall–Kier alpha value is -3.27. The highest BCUT2D eigenvalue weighted by atomic mass is 32.2. The van der Waals surface area contributed by atoms with Crippen molar-refractivity contribution < 1.29 is 9.72 Å². The predicted molar refractivity (Wildman–Crippen MR) is 101 cm³/mol. The quantitative estimate of drug-likeness (QED) is 0.379. The van der Waals surface area contributed by atoms with Crippen LogP contribution in [0.1, 0.15) is 12.5 Å². The molecule has 2 heterocycles. The fourth-order valence-electron chi connectivity index (χ4n) is 2.27. The number of pyridine rings is 1. The van der Waals surface area contributed by atoms with Crippen molar-refractivity contribution in [2.45, 2.75) is 24.3 Å². The lowest BCUT2D eigenvalue weighted by Crippen LogP contribution is -2.22. The van der Waals surface area contributed by atoms with Crippen molar-refractivity contribution in [1.82, 2.24) is 20.2 Å². The zero-order chi connectivity index (χ0) is 19.4. The van der Waals surface area contributed by atoms with Crippen molar-refractivity contribution in [2.24, 2.45) is 0 Å². The Bertz CT molecular complexity index is 976. The van der Waals surface area contributed by atoms with Crippen LogP contribution in [0.2, 0.25) is 0 Å². The molecular formula is C17H16N6O3S. The number of aryl methyl sites for hydroxylation is 1. The van der Waals surface area contributed by atoms with Gasteiger partial charge in [-0.1, -0.05) is 17.8 Å². The number of rotatable bonds is 6. The van der Waals surface area contributed by atoms with Gasteiger partial charge in [-0.15, -0.1) is 5.10 Å². The second-order valence-electron chi connectivity index (χ2n) is 5.72. The Morgan fingerprint density at radius 2 is 2.19 bits per heavy atom. The van der Waals surface area contributed by atoms with Crippen LogP contribution in [0.5, 0.6) is 0 Å². The third-order valence-corrected chi connectivity index (χ3v) is 4.69. The van der Waals surface area contributed by atoms with E-state index < -0.39 is 10.2 Å². The van der Waals surface area contributed by atoms with Crippen LogP contribution >= 0.6 is 11.8 Å². The minimum Gasteiger partial charge on any atom is -0.325 e. The van der Waals surface area contributed by atoms with Crippen LogP contribution in [0.3, 0.4) is 0 Å². The molecule has 0 aliphatic carbocycles. The van der Waals surface area contributed by atoms with E-state index in [0.717, 1.165) is 5.56 Å². The first kappa shape index (κ1) is 18.5. The Morgan fingerprint density at radius 1 is 1.37 bits per heavy atom. The molecule has 3 rings (SSSR count). The van der Waals surface area contributed by atoms with Gasteiger partial charge in [0.1, 0.15) is 0 Å². The van der Waals surface area contributed by atoms with Crippen molar-refractivity contribution in [3.8, 4) is 11.4 Å². The standard InChI is InChI=1S/C17H16N6O3S/c1-10-5-6-13(8-14(10)23(25)26)19-16(24)11(2)27-17-20-15(21-22-17)12-4-3-7-18-9-12/h3-9,11H,1-2H3,(H,19,24)(H,20,21,22). The Labute approximate surface area is 158 Å². The van der Waals surface area contributed by atoms with Crippen LogP contribution in [0.15, 0.2) is 47.9 Å². The monoisotopic (exact) mass is 384 g/mol. The SMILES string of the molecule is Cc1ccc(NC(=O)C(C)Sc2n[nH]c(-c3cccnc3)n2)cc1[N+](=O)[O-]. The summed E-state index contributed by atoms with van der Waals surface area (Å²) in [5.74, 6) is 0.262. The van der Waals surface area contributed by atoms with Crippen LogP contribution in [-0.4, -0.2) is 36.2 Å². The van der Waals surface area contributed by atoms with Gasteiger partial charge in [0.15, 0.2) is 5.82 Å². The van der Waals surface area contributed by atoms with E-state index >= 15 is 0 Å². The van der Waals surface area contributed by atoms with E-state index in [9.17, 15) is 14.9 Å². The molecule has 0 fully saturated rings. The van der Waals surface area contributed by atoms with E-state index in [1.165, 1.54) is 17.8 Å². The summed E-state index contributed by atoms with van der Waals surface area (Å²) < 4.78 is 0. The highest BCUT2D eigenvalue weighted by Gasteiger charge is 2.19. The third kappa shape index (κ3) is 4.47. The minimum atomic E-state index is -0.497. The summed E-state index contributed by atoms with van der Waals surface area (Å²) in [7, 11) is 0. The summed E-state index contributed by atoms with van der Waals surface area (Å²) in [5.41, 5.74) is 1.66. The van der Waals surface area contributed by atoms with Gasteiger partial charge in [-0.3, -0.25) is 25.0 Å². The summed E-state index contributed by atoms with van der Waals surface area (Å²) in [6.45, 7) is 3.36. The fourth-order valence-corrected chi connectivity index (χ4v) is 2.99. The summed E-state index contributed by atoms with van der Waals surface area (Å²) in [5, 5.41) is 20.5. The number of aromatic amines is 1. The molecule has 138 valence electrons. The zero-order valence-corrected chi connectivity index (χ0v) is 15.4. The second kappa shape index (κ2) is 7.96. The number of hydrogen-bond acceptors (Lipinski definition) is 7. The number of aromatic nitrogens is 4. The molecule has 1 atom stereocenters. The molecule has 2 aromatic heterocycles. The molecule has 1 unspecified atom stereocenters. The topological polar surface area (TPSA) is 127 Å². The van der Waals surface area contributed by atoms with Gasteiger partial charge in [0.05, 0.1) is 10.2 Å². The molecule has 10 heteroatoms. The fraction of sp³-hybridized carbons (Fsp3) is 0.176. The number of nitrogens with one attached hydrogen (secondary N) is 2. The van der Waals surface area contributed by atoms with Gasteiger partial charge in [0.2, 0.25) is 11.1 Å². The summed E-state index contributed by atoms with van der Waals surface area (Å²) >= 11 is 1.18. The normalized spacial score (nSPS) is 11.8. The van der Waals surface area contributed by atoms with Crippen LogP contribution < -0.4 is 5.32 Å². The number of carbonyl (C=O) groups excluding carboxylic acids is 1. The van der Waals surface area contributed by atoms with Crippen LogP contribution in [0.25, 0.3) is 11.4 Å². The van der Waals surface area contributed by atoms with Crippen LogP contribution in [0.4, 0.5) is 11.4 Å². The summed E-state index contributed by atoms with van der Waals surface area (Å²) in [6.07, 6.45) is 3.33. The summed E-state index contributed by atoms with van der Waals surface area (Å²) in [6, 6.07) is 8.22. The number of H-pyrrole nitrogens is 1. The van der Waals surface area contributed by atoms with Gasteiger partial charge in [0.25, 0.3) is 5.69 Å². The van der Waals surface area contributed by atoms with Crippen LogP contribution in [-0.2, 0) is 4.79 Å². The molecule has 0 aliphatic rings. The molecule has 2 N–H and O–H groups in total. The van der Waals surface area contributed by atoms with Crippen molar-refractivity contribution in [2.75, 3.05) is 5.32 Å². The molecule has 9 nitrogen and oxygen atoms in total. The second-order valence-corrected chi connectivity index (χ2v) is 7.02. The first-order valence-electron chi connectivity index (χ1n) is 7.99. The highest BCUT2D eigenvalue weighted by molar-refractivity contribution is 8.00. The van der Waals surface area contributed by atoms with Gasteiger partial charge in [-0.2, -0.15) is 0 Å². The lowest BCUT2D eigenvalue weighted by Gasteiger charge is -2.10. The van der Waals surface area contributed by atoms with Crippen molar-refractivity contribution in [3.05, 3.63) is 58.4 Å². The number of carbonyl (C=O) groups is 1. The lowest BCUT2D eigenvalue weighted by molar-refractivity contribution is -0.385. The van der Waals surface area contributed by atoms with E-state index in [1.807, 2.05) is 6.07 Å². The van der Waals surface area contributed by atoms with E-state index in [2.05, 4.69) is 25.5 Å². The van der Waals surface area contributed by atoms with Crippen molar-refractivity contribution in [3.63, 3.8) is 0 Å². The number of nitro groups is 1. The maximum absolute atomic E-state index is 12.4. The van der Waals surface area contributed by atoms with Crippen molar-refractivity contribution >= 4 is 29.0 Å². The number of thioether (sulfide) groups is 1. The largest absolute Gasteiger partial charge is 0.325 e. The van der Waals surface area contributed by atoms with E-state index in [0.29, 0.717) is 22.2 Å². The Morgan fingerprint density at radius 3 is 2.89 bits per heavy atom. The molecule has 0 spiro atoms. The molecule has 0 radical (unpaired) electrons. The molecule has 0 bridgehead atoms. The number of amides is 1.